The van der Waals surface area contributed by atoms with Crippen molar-refractivity contribution in [3.63, 3.8) is 0 Å². The Labute approximate surface area is 196 Å². The third kappa shape index (κ3) is 4.44. The maximum absolute atomic E-state index is 13.8. The summed E-state index contributed by atoms with van der Waals surface area (Å²) in [7, 11) is 4.60. The molecule has 2 aromatic carbocycles. The Morgan fingerprint density at radius 3 is 2.44 bits per heavy atom. The lowest BCUT2D eigenvalue weighted by Gasteiger charge is -2.21. The van der Waals surface area contributed by atoms with Crippen molar-refractivity contribution in [2.75, 3.05) is 41.5 Å². The number of hydrogen-bond acceptors (Lipinski definition) is 8. The summed E-state index contributed by atoms with van der Waals surface area (Å²) in [6.07, 6.45) is 1.51. The lowest BCUT2D eigenvalue weighted by atomic mass is 9.96. The van der Waals surface area contributed by atoms with Crippen molar-refractivity contribution in [3.05, 3.63) is 46.2 Å². The van der Waals surface area contributed by atoms with Crippen molar-refractivity contribution < 1.29 is 33.2 Å². The lowest BCUT2D eigenvalue weighted by molar-refractivity contribution is -0.107. The molecule has 0 amide bonds. The van der Waals surface area contributed by atoms with E-state index in [9.17, 15) is 9.59 Å². The van der Waals surface area contributed by atoms with Gasteiger partial charge >= 0.3 is 0 Å². The molecule has 0 aliphatic carbocycles. The van der Waals surface area contributed by atoms with Crippen molar-refractivity contribution in [1.82, 2.24) is 4.57 Å². The second-order valence-corrected chi connectivity index (χ2v) is 7.64. The summed E-state index contributed by atoms with van der Waals surface area (Å²) < 4.78 is 33.9. The van der Waals surface area contributed by atoms with Crippen molar-refractivity contribution in [3.8, 4) is 34.3 Å². The van der Waals surface area contributed by atoms with Gasteiger partial charge in [-0.15, -0.1) is 0 Å². The monoisotopic (exact) mass is 469 g/mol. The van der Waals surface area contributed by atoms with E-state index in [2.05, 4.69) is 0 Å². The van der Waals surface area contributed by atoms with Crippen LogP contribution < -0.4 is 24.5 Å². The number of methoxy groups -OCH3 is 3. The summed E-state index contributed by atoms with van der Waals surface area (Å²) in [5.74, 6) is 2.14. The number of nitrogens with zero attached hydrogens (tertiary/aromatic N) is 1. The van der Waals surface area contributed by atoms with Crippen LogP contribution >= 0.6 is 0 Å². The molecule has 3 aromatic rings. The van der Waals surface area contributed by atoms with Crippen LogP contribution in [0.25, 0.3) is 22.0 Å². The molecule has 2 heterocycles. The molecule has 4 rings (SSSR count). The lowest BCUT2D eigenvalue weighted by Crippen LogP contribution is -2.25. The maximum atomic E-state index is 13.8. The molecular weight excluding hydrogens is 442 g/mol. The zero-order valence-electron chi connectivity index (χ0n) is 19.4. The van der Waals surface area contributed by atoms with Crippen molar-refractivity contribution in [2.24, 2.45) is 0 Å². The Kier molecular flexibility index (Phi) is 7.34. The van der Waals surface area contributed by atoms with Gasteiger partial charge in [0.2, 0.25) is 6.79 Å². The molecule has 0 radical (unpaired) electrons. The van der Waals surface area contributed by atoms with Crippen LogP contribution in [0.15, 0.2) is 35.1 Å². The zero-order valence-corrected chi connectivity index (χ0v) is 19.4. The third-order valence-corrected chi connectivity index (χ3v) is 5.69. The maximum Gasteiger partial charge on any atom is 0.259 e. The number of benzene rings is 2. The van der Waals surface area contributed by atoms with Crippen molar-refractivity contribution >= 4 is 17.1 Å². The number of aldehydes is 1. The van der Waals surface area contributed by atoms with Gasteiger partial charge in [0.25, 0.3) is 5.56 Å². The summed E-state index contributed by atoms with van der Waals surface area (Å²) >= 11 is 0. The van der Waals surface area contributed by atoms with Crippen LogP contribution in [0, 0.1) is 0 Å². The highest BCUT2D eigenvalue weighted by molar-refractivity contribution is 5.94. The minimum Gasteiger partial charge on any atom is -0.493 e. The highest BCUT2D eigenvalue weighted by atomic mass is 16.7. The first kappa shape index (κ1) is 23.6. The summed E-state index contributed by atoms with van der Waals surface area (Å²) in [5.41, 5.74) is 1.89. The molecule has 0 N–H and O–H groups in total. The van der Waals surface area contributed by atoms with Crippen LogP contribution in [0.1, 0.15) is 12.0 Å². The van der Waals surface area contributed by atoms with Gasteiger partial charge in [-0.3, -0.25) is 4.79 Å². The standard InChI is InChI=1S/C25H27NO8/c1-29-14-32-10-4-8-26-24(16-5-6-20-23(11-16)34-15-33-20)17(7-9-27)18-12-21(30-2)22(31-3)13-19(18)25(26)28/h5-6,9,11-13H,4,7-8,10,14-15H2,1-3H3. The van der Waals surface area contributed by atoms with Crippen LogP contribution in [0.4, 0.5) is 0 Å². The molecule has 0 atom stereocenters. The van der Waals surface area contributed by atoms with E-state index >= 15 is 0 Å². The van der Waals surface area contributed by atoms with E-state index in [4.69, 9.17) is 28.4 Å². The number of carbonyl (C=O) groups is 1. The van der Waals surface area contributed by atoms with Crippen molar-refractivity contribution in [1.29, 1.82) is 0 Å². The fourth-order valence-corrected chi connectivity index (χ4v) is 4.19. The Bertz CT molecular complexity index is 1250. The molecule has 1 aromatic heterocycles. The van der Waals surface area contributed by atoms with Gasteiger partial charge in [0.15, 0.2) is 23.0 Å². The molecule has 9 heteroatoms. The Morgan fingerprint density at radius 2 is 1.74 bits per heavy atom. The van der Waals surface area contributed by atoms with Gasteiger partial charge in [-0.25, -0.2) is 0 Å². The quantitative estimate of drug-likeness (QED) is 0.240. The Morgan fingerprint density at radius 1 is 1.00 bits per heavy atom. The van der Waals surface area contributed by atoms with E-state index < -0.39 is 0 Å². The summed E-state index contributed by atoms with van der Waals surface area (Å²) in [4.78, 5) is 25.5. The fraction of sp³-hybridized carbons (Fsp3) is 0.360. The average Bonchev–Trinajstić information content (AvgIpc) is 3.33. The first-order valence-corrected chi connectivity index (χ1v) is 10.8. The largest absolute Gasteiger partial charge is 0.493 e. The smallest absolute Gasteiger partial charge is 0.259 e. The van der Waals surface area contributed by atoms with E-state index in [-0.39, 0.29) is 25.6 Å². The van der Waals surface area contributed by atoms with E-state index in [0.717, 1.165) is 11.8 Å². The van der Waals surface area contributed by atoms with Gasteiger partial charge in [0.1, 0.15) is 13.1 Å². The summed E-state index contributed by atoms with van der Waals surface area (Å²) in [6.45, 7) is 1.10. The Balaban J connectivity index is 1.96. The van der Waals surface area contributed by atoms with Gasteiger partial charge in [0.05, 0.1) is 31.9 Å². The van der Waals surface area contributed by atoms with Crippen LogP contribution in [-0.2, 0) is 27.2 Å². The molecule has 0 fully saturated rings. The highest BCUT2D eigenvalue weighted by Crippen LogP contribution is 2.39. The van der Waals surface area contributed by atoms with Gasteiger partial charge in [0, 0.05) is 25.6 Å². The molecule has 0 unspecified atom stereocenters. The SMILES string of the molecule is COCOCCCn1c(-c2ccc3c(c2)OCO3)c(CC=O)c2cc(OC)c(OC)cc2c1=O. The highest BCUT2D eigenvalue weighted by Gasteiger charge is 2.22. The predicted molar refractivity (Wildman–Crippen MR) is 125 cm³/mol. The van der Waals surface area contributed by atoms with Crippen LogP contribution in [0.2, 0.25) is 0 Å². The number of aromatic nitrogens is 1. The number of fused-ring (bicyclic) bond motifs is 2. The van der Waals surface area contributed by atoms with E-state index in [1.807, 2.05) is 12.1 Å². The predicted octanol–water partition coefficient (Wildman–Crippen LogP) is 3.17. The van der Waals surface area contributed by atoms with E-state index in [1.54, 1.807) is 29.9 Å². The number of carbonyl (C=O) groups excluding carboxylic acids is 1. The Hall–Kier alpha value is -3.56. The van der Waals surface area contributed by atoms with Gasteiger partial charge < -0.3 is 37.8 Å². The summed E-state index contributed by atoms with van der Waals surface area (Å²) in [5, 5.41) is 1.08. The van der Waals surface area contributed by atoms with Gasteiger partial charge in [-0.05, 0) is 47.7 Å². The second kappa shape index (κ2) is 10.6. The van der Waals surface area contributed by atoms with E-state index in [1.165, 1.54) is 14.2 Å². The zero-order chi connectivity index (χ0) is 24.1. The first-order chi connectivity index (χ1) is 16.6. The van der Waals surface area contributed by atoms with E-state index in [0.29, 0.717) is 64.6 Å². The van der Waals surface area contributed by atoms with Crippen LogP contribution in [-0.4, -0.2) is 52.4 Å². The number of hydrogen-bond donors (Lipinski definition) is 0. The molecule has 1 aliphatic rings. The third-order valence-electron chi connectivity index (χ3n) is 5.69. The minimum absolute atomic E-state index is 0.107. The number of ether oxygens (including phenoxy) is 6. The topological polar surface area (TPSA) is 94.5 Å². The number of rotatable bonds is 11. The van der Waals surface area contributed by atoms with Crippen LogP contribution in [0.5, 0.6) is 23.0 Å². The number of pyridine rings is 1. The molecular formula is C25H27NO8. The van der Waals surface area contributed by atoms with Gasteiger partial charge in [-0.2, -0.15) is 0 Å². The molecule has 34 heavy (non-hydrogen) atoms. The molecule has 9 nitrogen and oxygen atoms in total. The van der Waals surface area contributed by atoms with Crippen LogP contribution in [0.3, 0.4) is 0 Å². The second-order valence-electron chi connectivity index (χ2n) is 7.64. The molecule has 0 saturated carbocycles. The fourth-order valence-electron chi connectivity index (χ4n) is 4.19. The molecule has 0 saturated heterocycles. The normalized spacial score (nSPS) is 12.2. The molecule has 1 aliphatic heterocycles. The first-order valence-electron chi connectivity index (χ1n) is 10.8. The molecule has 0 spiro atoms. The van der Waals surface area contributed by atoms with Gasteiger partial charge in [-0.1, -0.05) is 0 Å². The molecule has 180 valence electrons. The van der Waals surface area contributed by atoms with Crippen molar-refractivity contribution in [2.45, 2.75) is 19.4 Å². The molecule has 0 bridgehead atoms. The minimum atomic E-state index is -0.204. The summed E-state index contributed by atoms with van der Waals surface area (Å²) in [6, 6.07) is 8.90. The average molecular weight is 469 g/mol.